The first-order valence-corrected chi connectivity index (χ1v) is 5.64. The van der Waals surface area contributed by atoms with Crippen molar-refractivity contribution in [2.75, 3.05) is 5.32 Å². The zero-order valence-corrected chi connectivity index (χ0v) is 10.1. The number of aromatic nitrogens is 1. The lowest BCUT2D eigenvalue weighted by Crippen LogP contribution is -2.16. The van der Waals surface area contributed by atoms with Gasteiger partial charge in [-0.15, -0.1) is 0 Å². The first-order valence-electron chi connectivity index (χ1n) is 5.64. The van der Waals surface area contributed by atoms with Crippen LogP contribution < -0.4 is 5.32 Å². The van der Waals surface area contributed by atoms with Crippen molar-refractivity contribution in [3.05, 3.63) is 53.7 Å². The molecule has 0 saturated heterocycles. The van der Waals surface area contributed by atoms with Crippen LogP contribution in [-0.4, -0.2) is 16.0 Å². The van der Waals surface area contributed by atoms with E-state index in [-0.39, 0.29) is 18.1 Å². The van der Waals surface area contributed by atoms with E-state index >= 15 is 0 Å². The normalized spacial score (nSPS) is 10.1. The lowest BCUT2D eigenvalue weighted by molar-refractivity contribution is -0.115. The molecule has 0 fully saturated rings. The van der Waals surface area contributed by atoms with Crippen molar-refractivity contribution in [3.63, 3.8) is 0 Å². The predicted octanol–water partition coefficient (Wildman–Crippen LogP) is 2.28. The highest BCUT2D eigenvalue weighted by Gasteiger charge is 2.06. The van der Waals surface area contributed by atoms with Crippen LogP contribution in [0.25, 0.3) is 0 Å². The molecule has 92 valence electrons. The van der Waals surface area contributed by atoms with E-state index in [1.807, 2.05) is 19.1 Å². The van der Waals surface area contributed by atoms with Crippen LogP contribution >= 0.6 is 0 Å². The molecule has 0 spiro atoms. The summed E-state index contributed by atoms with van der Waals surface area (Å²) >= 11 is 0. The third-order valence-corrected chi connectivity index (χ3v) is 2.54. The van der Waals surface area contributed by atoms with E-state index in [9.17, 15) is 9.90 Å². The summed E-state index contributed by atoms with van der Waals surface area (Å²) in [4.78, 5) is 15.9. The summed E-state index contributed by atoms with van der Waals surface area (Å²) in [6.45, 7) is 1.89. The quantitative estimate of drug-likeness (QED) is 0.868. The lowest BCUT2D eigenvalue weighted by atomic mass is 10.1. The van der Waals surface area contributed by atoms with Gasteiger partial charge in [-0.2, -0.15) is 0 Å². The van der Waals surface area contributed by atoms with Crippen LogP contribution in [0.4, 0.5) is 5.82 Å². The molecule has 0 aliphatic rings. The second-order valence-electron chi connectivity index (χ2n) is 4.06. The molecule has 0 aliphatic heterocycles. The van der Waals surface area contributed by atoms with Gasteiger partial charge in [0.1, 0.15) is 11.6 Å². The average Bonchev–Trinajstić information content (AvgIpc) is 2.32. The first-order chi connectivity index (χ1) is 8.65. The van der Waals surface area contributed by atoms with Crippen molar-refractivity contribution >= 4 is 11.7 Å². The van der Waals surface area contributed by atoms with Crippen LogP contribution in [0.15, 0.2) is 42.6 Å². The second-order valence-corrected chi connectivity index (χ2v) is 4.06. The van der Waals surface area contributed by atoms with Gasteiger partial charge in [-0.3, -0.25) is 4.79 Å². The molecule has 4 nitrogen and oxygen atoms in total. The van der Waals surface area contributed by atoms with E-state index in [1.165, 1.54) is 0 Å². The molecule has 2 N–H and O–H groups in total. The van der Waals surface area contributed by atoms with Gasteiger partial charge >= 0.3 is 0 Å². The fourth-order valence-electron chi connectivity index (χ4n) is 1.64. The minimum Gasteiger partial charge on any atom is -0.508 e. The Morgan fingerprint density at radius 2 is 2.17 bits per heavy atom. The minimum atomic E-state index is -0.151. The number of amides is 1. The van der Waals surface area contributed by atoms with Gasteiger partial charge in [0.15, 0.2) is 0 Å². The molecule has 1 aromatic carbocycles. The van der Waals surface area contributed by atoms with Crippen molar-refractivity contribution in [1.82, 2.24) is 4.98 Å². The van der Waals surface area contributed by atoms with Gasteiger partial charge in [0.2, 0.25) is 5.91 Å². The molecule has 1 heterocycles. The zero-order chi connectivity index (χ0) is 13.0. The summed E-state index contributed by atoms with van der Waals surface area (Å²) < 4.78 is 0. The van der Waals surface area contributed by atoms with Crippen LogP contribution in [-0.2, 0) is 11.2 Å². The number of phenolic OH excluding ortho intramolecular Hbond substituents is 1. The Morgan fingerprint density at radius 1 is 1.33 bits per heavy atom. The zero-order valence-electron chi connectivity index (χ0n) is 10.1. The van der Waals surface area contributed by atoms with Crippen molar-refractivity contribution in [2.24, 2.45) is 0 Å². The number of pyridine rings is 1. The molecule has 2 rings (SSSR count). The highest BCUT2D eigenvalue weighted by atomic mass is 16.3. The van der Waals surface area contributed by atoms with Crippen molar-refractivity contribution in [3.8, 4) is 5.75 Å². The van der Waals surface area contributed by atoms with Gasteiger partial charge in [0.25, 0.3) is 0 Å². The van der Waals surface area contributed by atoms with Gasteiger partial charge in [-0.25, -0.2) is 4.98 Å². The third-order valence-electron chi connectivity index (χ3n) is 2.54. The highest BCUT2D eigenvalue weighted by Crippen LogP contribution is 2.13. The molecule has 0 saturated carbocycles. The predicted molar refractivity (Wildman–Crippen MR) is 69.4 cm³/mol. The van der Waals surface area contributed by atoms with E-state index < -0.39 is 0 Å². The number of carbonyl (C=O) groups is 1. The molecule has 0 aliphatic carbocycles. The number of aromatic hydroxyl groups is 1. The Hall–Kier alpha value is -2.36. The summed E-state index contributed by atoms with van der Waals surface area (Å²) in [7, 11) is 0. The number of hydrogen-bond acceptors (Lipinski definition) is 3. The van der Waals surface area contributed by atoms with Gasteiger partial charge < -0.3 is 10.4 Å². The fraction of sp³-hybridized carbons (Fsp3) is 0.143. The summed E-state index contributed by atoms with van der Waals surface area (Å²) in [6.07, 6.45) is 1.85. The van der Waals surface area contributed by atoms with Crippen molar-refractivity contribution in [1.29, 1.82) is 0 Å². The molecule has 0 unspecified atom stereocenters. The number of benzene rings is 1. The highest BCUT2D eigenvalue weighted by molar-refractivity contribution is 5.91. The maximum absolute atomic E-state index is 11.8. The summed E-state index contributed by atoms with van der Waals surface area (Å²) in [6, 6.07) is 10.4. The molecule has 0 radical (unpaired) electrons. The van der Waals surface area contributed by atoms with Crippen LogP contribution in [0, 0.1) is 6.92 Å². The first kappa shape index (κ1) is 12.1. The number of hydrogen-bond donors (Lipinski definition) is 2. The molecule has 2 aromatic rings. The monoisotopic (exact) mass is 242 g/mol. The molecule has 1 amide bonds. The largest absolute Gasteiger partial charge is 0.508 e. The molecular weight excluding hydrogens is 228 g/mol. The number of phenols is 1. The van der Waals surface area contributed by atoms with Crippen molar-refractivity contribution < 1.29 is 9.90 Å². The molecule has 0 atom stereocenters. The van der Waals surface area contributed by atoms with Crippen LogP contribution in [0.3, 0.4) is 0 Å². The van der Waals surface area contributed by atoms with E-state index in [1.54, 1.807) is 30.5 Å². The summed E-state index contributed by atoms with van der Waals surface area (Å²) in [5.74, 6) is 0.583. The Labute approximate surface area is 105 Å². The summed E-state index contributed by atoms with van der Waals surface area (Å²) in [5.41, 5.74) is 1.68. The maximum Gasteiger partial charge on any atom is 0.229 e. The van der Waals surface area contributed by atoms with Crippen molar-refractivity contribution in [2.45, 2.75) is 13.3 Å². The fourth-order valence-corrected chi connectivity index (χ4v) is 1.64. The van der Waals surface area contributed by atoms with Gasteiger partial charge in [-0.1, -0.05) is 18.2 Å². The number of nitrogens with one attached hydrogen (secondary N) is 1. The number of carbonyl (C=O) groups excluding carboxylic acids is 1. The second kappa shape index (κ2) is 5.31. The molecule has 1 aromatic heterocycles. The Kier molecular flexibility index (Phi) is 3.57. The standard InChI is InChI=1S/C14H14N2O2/c1-10-4-3-7-15-14(10)16-13(18)9-11-5-2-6-12(17)8-11/h2-8,17H,9H2,1H3,(H,15,16,18). The molecule has 4 heteroatoms. The molecular formula is C14H14N2O2. The molecule has 0 bridgehead atoms. The number of aryl methyl sites for hydroxylation is 1. The minimum absolute atomic E-state index is 0.151. The van der Waals surface area contributed by atoms with Crippen LogP contribution in [0.2, 0.25) is 0 Å². The molecule has 18 heavy (non-hydrogen) atoms. The number of nitrogens with zero attached hydrogens (tertiary/aromatic N) is 1. The van der Waals surface area contributed by atoms with Gasteiger partial charge in [0.05, 0.1) is 6.42 Å². The summed E-state index contributed by atoms with van der Waals surface area (Å²) in [5, 5.41) is 12.1. The number of rotatable bonds is 3. The van der Waals surface area contributed by atoms with E-state index in [4.69, 9.17) is 0 Å². The maximum atomic E-state index is 11.8. The lowest BCUT2D eigenvalue weighted by Gasteiger charge is -2.07. The third kappa shape index (κ3) is 3.07. The topological polar surface area (TPSA) is 62.2 Å². The van der Waals surface area contributed by atoms with Crippen LogP contribution in [0.5, 0.6) is 5.75 Å². The van der Waals surface area contributed by atoms with Crippen LogP contribution in [0.1, 0.15) is 11.1 Å². The van der Waals surface area contributed by atoms with E-state index in [2.05, 4.69) is 10.3 Å². The van der Waals surface area contributed by atoms with Gasteiger partial charge in [0, 0.05) is 6.20 Å². The SMILES string of the molecule is Cc1cccnc1NC(=O)Cc1cccc(O)c1. The smallest absolute Gasteiger partial charge is 0.229 e. The number of anilines is 1. The Morgan fingerprint density at radius 3 is 2.89 bits per heavy atom. The Bertz CT molecular complexity index is 567. The van der Waals surface area contributed by atoms with Gasteiger partial charge in [-0.05, 0) is 36.2 Å². The average molecular weight is 242 g/mol. The van der Waals surface area contributed by atoms with E-state index in [0.29, 0.717) is 5.82 Å². The Balaban J connectivity index is 2.03. The van der Waals surface area contributed by atoms with E-state index in [0.717, 1.165) is 11.1 Å².